The molecular weight excluding hydrogens is 204 g/mol. The Balaban J connectivity index is 0.00000121. The molecule has 17 heavy (non-hydrogen) atoms. The molecule has 0 aromatic heterocycles. The fourth-order valence-corrected chi connectivity index (χ4v) is 2.02. The quantitative estimate of drug-likeness (QED) is 0.609. The Morgan fingerprint density at radius 2 is 1.29 bits per heavy atom. The first-order valence-electron chi connectivity index (χ1n) is 7.09. The van der Waals surface area contributed by atoms with E-state index in [1.165, 1.54) is 24.0 Å². The topological polar surface area (TPSA) is 0 Å². The fraction of sp³-hybridized carbons (Fsp3) is 0.647. The summed E-state index contributed by atoms with van der Waals surface area (Å²) in [4.78, 5) is 0. The summed E-state index contributed by atoms with van der Waals surface area (Å²) in [6.45, 7) is 15.3. The average molecular weight is 234 g/mol. The standard InChI is InChI=1S/C15H24.C2H6/c1-6-12(7-2)13-8-10-14(11-9-13)15(3,4)5;1-2/h8-12H,6-7H2,1-5H3;1-2H3. The van der Waals surface area contributed by atoms with Crippen molar-refractivity contribution in [1.82, 2.24) is 0 Å². The molecule has 0 atom stereocenters. The van der Waals surface area contributed by atoms with Crippen LogP contribution in [-0.4, -0.2) is 0 Å². The molecular formula is C17H30. The molecule has 0 radical (unpaired) electrons. The summed E-state index contributed by atoms with van der Waals surface area (Å²) < 4.78 is 0. The molecule has 0 unspecified atom stereocenters. The van der Waals surface area contributed by atoms with Crippen LogP contribution in [-0.2, 0) is 5.41 Å². The normalized spacial score (nSPS) is 11.1. The van der Waals surface area contributed by atoms with Crippen LogP contribution in [0, 0.1) is 0 Å². The highest BCUT2D eigenvalue weighted by atomic mass is 14.2. The predicted molar refractivity (Wildman–Crippen MR) is 79.8 cm³/mol. The lowest BCUT2D eigenvalue weighted by atomic mass is 9.85. The second-order valence-electron chi connectivity index (χ2n) is 5.39. The molecule has 98 valence electrons. The number of hydrogen-bond donors (Lipinski definition) is 0. The third-order valence-electron chi connectivity index (χ3n) is 3.23. The first-order valence-corrected chi connectivity index (χ1v) is 7.09. The van der Waals surface area contributed by atoms with E-state index in [4.69, 9.17) is 0 Å². The van der Waals surface area contributed by atoms with E-state index in [1.54, 1.807) is 0 Å². The summed E-state index contributed by atoms with van der Waals surface area (Å²) in [5, 5.41) is 0. The van der Waals surface area contributed by atoms with Crippen molar-refractivity contribution in [3.05, 3.63) is 35.4 Å². The Morgan fingerprint density at radius 1 is 0.882 bits per heavy atom. The smallest absolute Gasteiger partial charge is 0.0132 e. The first-order chi connectivity index (χ1) is 7.99. The molecule has 0 bridgehead atoms. The summed E-state index contributed by atoms with van der Waals surface area (Å²) in [6, 6.07) is 9.18. The predicted octanol–water partition coefficient (Wildman–Crippen LogP) is 5.91. The van der Waals surface area contributed by atoms with Crippen LogP contribution in [0.25, 0.3) is 0 Å². The average Bonchev–Trinajstić information content (AvgIpc) is 2.33. The minimum atomic E-state index is 0.270. The Kier molecular flexibility index (Phi) is 7.18. The van der Waals surface area contributed by atoms with Gasteiger partial charge in [-0.15, -0.1) is 0 Å². The fourth-order valence-electron chi connectivity index (χ4n) is 2.02. The first kappa shape index (κ1) is 16.2. The van der Waals surface area contributed by atoms with Crippen molar-refractivity contribution < 1.29 is 0 Å². The van der Waals surface area contributed by atoms with Crippen molar-refractivity contribution in [2.24, 2.45) is 0 Å². The van der Waals surface area contributed by atoms with Gasteiger partial charge in [-0.3, -0.25) is 0 Å². The molecule has 0 aliphatic carbocycles. The van der Waals surface area contributed by atoms with Crippen molar-refractivity contribution in [1.29, 1.82) is 0 Å². The Labute approximate surface area is 108 Å². The van der Waals surface area contributed by atoms with Gasteiger partial charge in [0.2, 0.25) is 0 Å². The van der Waals surface area contributed by atoms with E-state index in [9.17, 15) is 0 Å². The summed E-state index contributed by atoms with van der Waals surface area (Å²) in [5.74, 6) is 0.735. The molecule has 0 spiro atoms. The van der Waals surface area contributed by atoms with Gasteiger partial charge in [-0.2, -0.15) is 0 Å². The van der Waals surface area contributed by atoms with Crippen molar-refractivity contribution >= 4 is 0 Å². The monoisotopic (exact) mass is 234 g/mol. The molecule has 0 amide bonds. The van der Waals surface area contributed by atoms with Crippen molar-refractivity contribution in [3.63, 3.8) is 0 Å². The second-order valence-corrected chi connectivity index (χ2v) is 5.39. The summed E-state index contributed by atoms with van der Waals surface area (Å²) in [7, 11) is 0. The van der Waals surface area contributed by atoms with E-state index in [-0.39, 0.29) is 5.41 Å². The van der Waals surface area contributed by atoms with Gasteiger partial charge in [-0.25, -0.2) is 0 Å². The van der Waals surface area contributed by atoms with E-state index in [0.717, 1.165) is 5.92 Å². The Morgan fingerprint density at radius 3 is 1.59 bits per heavy atom. The van der Waals surface area contributed by atoms with Crippen LogP contribution >= 0.6 is 0 Å². The molecule has 1 rings (SSSR count). The van der Waals surface area contributed by atoms with E-state index in [2.05, 4.69) is 58.9 Å². The molecule has 0 saturated carbocycles. The number of rotatable bonds is 3. The highest BCUT2D eigenvalue weighted by Crippen LogP contribution is 2.27. The zero-order valence-corrected chi connectivity index (χ0v) is 12.8. The highest BCUT2D eigenvalue weighted by molar-refractivity contribution is 5.29. The highest BCUT2D eigenvalue weighted by Gasteiger charge is 2.14. The maximum atomic E-state index is 2.30. The Bertz CT molecular complexity index is 283. The minimum absolute atomic E-state index is 0.270. The van der Waals surface area contributed by atoms with Crippen LogP contribution in [0.4, 0.5) is 0 Å². The molecule has 0 aliphatic rings. The number of hydrogen-bond acceptors (Lipinski definition) is 0. The maximum absolute atomic E-state index is 2.30. The van der Waals surface area contributed by atoms with Crippen LogP contribution in [0.2, 0.25) is 0 Å². The molecule has 0 heterocycles. The molecule has 1 aromatic rings. The lowest BCUT2D eigenvalue weighted by Gasteiger charge is -2.20. The van der Waals surface area contributed by atoms with Crippen molar-refractivity contribution in [2.45, 2.75) is 72.6 Å². The van der Waals surface area contributed by atoms with Crippen LogP contribution in [0.15, 0.2) is 24.3 Å². The van der Waals surface area contributed by atoms with Gasteiger partial charge in [-0.1, -0.05) is 72.7 Å². The zero-order chi connectivity index (χ0) is 13.5. The molecule has 0 aliphatic heterocycles. The van der Waals surface area contributed by atoms with Gasteiger partial charge in [0.25, 0.3) is 0 Å². The van der Waals surface area contributed by atoms with E-state index < -0.39 is 0 Å². The van der Waals surface area contributed by atoms with Gasteiger partial charge >= 0.3 is 0 Å². The van der Waals surface area contributed by atoms with Gasteiger partial charge in [-0.05, 0) is 35.3 Å². The SMILES string of the molecule is CC.CCC(CC)c1ccc(C(C)(C)C)cc1. The summed E-state index contributed by atoms with van der Waals surface area (Å²) in [5.41, 5.74) is 3.19. The van der Waals surface area contributed by atoms with Crippen LogP contribution in [0.5, 0.6) is 0 Å². The van der Waals surface area contributed by atoms with E-state index in [1.807, 2.05) is 13.8 Å². The van der Waals surface area contributed by atoms with Crippen molar-refractivity contribution in [3.8, 4) is 0 Å². The lowest BCUT2D eigenvalue weighted by Crippen LogP contribution is -2.11. The molecule has 0 saturated heterocycles. The van der Waals surface area contributed by atoms with Crippen LogP contribution < -0.4 is 0 Å². The van der Waals surface area contributed by atoms with Crippen molar-refractivity contribution in [2.75, 3.05) is 0 Å². The molecule has 0 nitrogen and oxygen atoms in total. The lowest BCUT2D eigenvalue weighted by molar-refractivity contribution is 0.588. The third kappa shape index (κ3) is 4.93. The zero-order valence-electron chi connectivity index (χ0n) is 12.8. The third-order valence-corrected chi connectivity index (χ3v) is 3.23. The van der Waals surface area contributed by atoms with Crippen LogP contribution in [0.3, 0.4) is 0 Å². The van der Waals surface area contributed by atoms with Gasteiger partial charge in [0.15, 0.2) is 0 Å². The van der Waals surface area contributed by atoms with E-state index >= 15 is 0 Å². The molecule has 0 N–H and O–H groups in total. The maximum Gasteiger partial charge on any atom is -0.0132 e. The minimum Gasteiger partial charge on any atom is -0.0683 e. The molecule has 1 aromatic carbocycles. The van der Waals surface area contributed by atoms with Gasteiger partial charge in [0.1, 0.15) is 0 Å². The number of benzene rings is 1. The Hall–Kier alpha value is -0.780. The van der Waals surface area contributed by atoms with E-state index in [0.29, 0.717) is 0 Å². The molecule has 0 fully saturated rings. The largest absolute Gasteiger partial charge is 0.0683 e. The van der Waals surface area contributed by atoms with Crippen LogP contribution in [0.1, 0.15) is 78.4 Å². The summed E-state index contributed by atoms with van der Waals surface area (Å²) in [6.07, 6.45) is 2.48. The summed E-state index contributed by atoms with van der Waals surface area (Å²) >= 11 is 0. The van der Waals surface area contributed by atoms with Gasteiger partial charge < -0.3 is 0 Å². The molecule has 0 heteroatoms. The van der Waals surface area contributed by atoms with Gasteiger partial charge in [0.05, 0.1) is 0 Å². The second kappa shape index (κ2) is 7.53. The van der Waals surface area contributed by atoms with Gasteiger partial charge in [0, 0.05) is 0 Å².